The first-order valence-electron chi connectivity index (χ1n) is 5.08. The predicted octanol–water partition coefficient (Wildman–Crippen LogP) is 3.25. The van der Waals surface area contributed by atoms with Crippen LogP contribution in [0.2, 0.25) is 0 Å². The molecule has 0 atom stereocenters. The van der Waals surface area contributed by atoms with E-state index < -0.39 is 0 Å². The van der Waals surface area contributed by atoms with Gasteiger partial charge in [-0.1, -0.05) is 33.1 Å². The Bertz CT molecular complexity index is 121. The summed E-state index contributed by atoms with van der Waals surface area (Å²) in [5.74, 6) is 0. The van der Waals surface area contributed by atoms with E-state index in [0.29, 0.717) is 0 Å². The van der Waals surface area contributed by atoms with Gasteiger partial charge in [-0.15, -0.1) is 0 Å². The molecule has 0 radical (unpaired) electrons. The fourth-order valence-electron chi connectivity index (χ4n) is 1.09. The quantitative estimate of drug-likeness (QED) is 0.343. The van der Waals surface area contributed by atoms with E-state index in [1.54, 1.807) is 0 Å². The number of hydrogen-bond acceptors (Lipinski definition) is 1. The standard InChI is InChI=1S/C11H22O.Na.H/c1-4-6-7-9-12-10-11(3)8-5-2;;/h10H,4-9H2,1-3H3;;. The first-order valence-corrected chi connectivity index (χ1v) is 5.08. The molecule has 13 heavy (non-hydrogen) atoms. The number of ether oxygens (including phenoxy) is 1. The molecule has 0 aliphatic rings. The van der Waals surface area contributed by atoms with Gasteiger partial charge in [-0.05, 0) is 25.3 Å². The molecule has 0 aliphatic carbocycles. The monoisotopic (exact) mass is 194 g/mol. The molecule has 0 saturated heterocycles. The maximum atomic E-state index is 5.39. The van der Waals surface area contributed by atoms with E-state index in [1.807, 2.05) is 6.26 Å². The Balaban J connectivity index is 0. The van der Waals surface area contributed by atoms with Crippen LogP contribution in [-0.2, 0) is 4.74 Å². The van der Waals surface area contributed by atoms with Crippen molar-refractivity contribution >= 4 is 29.6 Å². The fourth-order valence-corrected chi connectivity index (χ4v) is 1.09. The van der Waals surface area contributed by atoms with Crippen LogP contribution in [0.1, 0.15) is 52.9 Å². The summed E-state index contributed by atoms with van der Waals surface area (Å²) in [5, 5.41) is 0. The molecule has 1 nitrogen and oxygen atoms in total. The molecule has 0 N–H and O–H groups in total. The van der Waals surface area contributed by atoms with Gasteiger partial charge in [0, 0.05) is 0 Å². The summed E-state index contributed by atoms with van der Waals surface area (Å²) >= 11 is 0. The van der Waals surface area contributed by atoms with Crippen molar-refractivity contribution in [3.63, 3.8) is 0 Å². The molecule has 2 heteroatoms. The molecule has 0 aromatic rings. The first-order chi connectivity index (χ1) is 5.81. The van der Waals surface area contributed by atoms with Crippen molar-refractivity contribution in [2.75, 3.05) is 6.61 Å². The van der Waals surface area contributed by atoms with Crippen LogP contribution in [0.3, 0.4) is 0 Å². The van der Waals surface area contributed by atoms with E-state index in [2.05, 4.69) is 20.8 Å². The minimum absolute atomic E-state index is 0. The third-order valence-electron chi connectivity index (χ3n) is 1.79. The van der Waals surface area contributed by atoms with Crippen LogP contribution in [0, 0.1) is 0 Å². The van der Waals surface area contributed by atoms with Crippen molar-refractivity contribution in [1.29, 1.82) is 0 Å². The third kappa shape index (κ3) is 12.5. The summed E-state index contributed by atoms with van der Waals surface area (Å²) in [7, 11) is 0. The molecule has 0 fully saturated rings. The normalized spacial score (nSPS) is 10.8. The van der Waals surface area contributed by atoms with E-state index in [-0.39, 0.29) is 29.6 Å². The molecule has 0 aromatic heterocycles. The van der Waals surface area contributed by atoms with E-state index >= 15 is 0 Å². The van der Waals surface area contributed by atoms with Crippen molar-refractivity contribution in [3.05, 3.63) is 11.8 Å². The molecule has 0 saturated carbocycles. The van der Waals surface area contributed by atoms with Crippen LogP contribution in [0.5, 0.6) is 0 Å². The Hall–Kier alpha value is 0.540. The van der Waals surface area contributed by atoms with Crippen molar-refractivity contribution in [3.8, 4) is 0 Å². The second-order valence-electron chi connectivity index (χ2n) is 3.29. The second kappa shape index (κ2) is 12.5. The van der Waals surface area contributed by atoms with Crippen molar-refractivity contribution in [2.24, 2.45) is 0 Å². The van der Waals surface area contributed by atoms with Crippen molar-refractivity contribution in [2.45, 2.75) is 52.9 Å². The van der Waals surface area contributed by atoms with Gasteiger partial charge in [-0.3, -0.25) is 0 Å². The van der Waals surface area contributed by atoms with Crippen LogP contribution in [-0.4, -0.2) is 36.2 Å². The second-order valence-corrected chi connectivity index (χ2v) is 3.29. The first kappa shape index (κ1) is 16.0. The number of hydrogen-bond donors (Lipinski definition) is 0. The van der Waals surface area contributed by atoms with Gasteiger partial charge < -0.3 is 4.74 Å². The molecule has 0 bridgehead atoms. The molecule has 0 heterocycles. The summed E-state index contributed by atoms with van der Waals surface area (Å²) in [4.78, 5) is 0. The SMILES string of the molecule is CCCCCOC=C(C)CCC.[NaH]. The van der Waals surface area contributed by atoms with Crippen LogP contribution in [0.4, 0.5) is 0 Å². The fraction of sp³-hybridized carbons (Fsp3) is 0.818. The molecular weight excluding hydrogens is 171 g/mol. The summed E-state index contributed by atoms with van der Waals surface area (Å²) in [6, 6.07) is 0. The zero-order chi connectivity index (χ0) is 9.23. The zero-order valence-corrected chi connectivity index (χ0v) is 8.73. The van der Waals surface area contributed by atoms with Crippen molar-refractivity contribution in [1.82, 2.24) is 0 Å². The number of allylic oxidation sites excluding steroid dienone is 1. The van der Waals surface area contributed by atoms with Crippen LogP contribution < -0.4 is 0 Å². The Labute approximate surface area is 105 Å². The Morgan fingerprint density at radius 2 is 1.85 bits per heavy atom. The molecule has 0 aromatic carbocycles. The molecule has 74 valence electrons. The number of unbranched alkanes of at least 4 members (excludes halogenated alkanes) is 2. The van der Waals surface area contributed by atoms with E-state index in [1.165, 1.54) is 31.3 Å². The van der Waals surface area contributed by atoms with Gasteiger partial charge in [-0.25, -0.2) is 0 Å². The van der Waals surface area contributed by atoms with E-state index in [9.17, 15) is 0 Å². The Kier molecular flexibility index (Phi) is 15.4. The topological polar surface area (TPSA) is 9.23 Å². The molecule has 0 aliphatic heterocycles. The van der Waals surface area contributed by atoms with Gasteiger partial charge in [0.05, 0.1) is 12.9 Å². The van der Waals surface area contributed by atoms with Gasteiger partial charge >= 0.3 is 29.6 Å². The summed E-state index contributed by atoms with van der Waals surface area (Å²) in [5.41, 5.74) is 1.36. The Morgan fingerprint density at radius 1 is 1.15 bits per heavy atom. The summed E-state index contributed by atoms with van der Waals surface area (Å²) in [6.07, 6.45) is 8.02. The maximum absolute atomic E-state index is 5.39. The molecule has 0 amide bonds. The van der Waals surface area contributed by atoms with Crippen LogP contribution in [0.15, 0.2) is 11.8 Å². The molecule has 0 spiro atoms. The van der Waals surface area contributed by atoms with E-state index in [4.69, 9.17) is 4.74 Å². The van der Waals surface area contributed by atoms with Gasteiger partial charge in [-0.2, -0.15) is 0 Å². The molecule has 0 rings (SSSR count). The van der Waals surface area contributed by atoms with Gasteiger partial charge in [0.25, 0.3) is 0 Å². The average Bonchev–Trinajstić information content (AvgIpc) is 2.05. The number of rotatable bonds is 7. The summed E-state index contributed by atoms with van der Waals surface area (Å²) < 4.78 is 5.39. The molecule has 0 unspecified atom stereocenters. The third-order valence-corrected chi connectivity index (χ3v) is 1.79. The Morgan fingerprint density at radius 3 is 2.38 bits per heavy atom. The van der Waals surface area contributed by atoms with Gasteiger partial charge in [0.15, 0.2) is 0 Å². The predicted molar refractivity (Wildman–Crippen MR) is 61.3 cm³/mol. The van der Waals surface area contributed by atoms with E-state index in [0.717, 1.165) is 13.0 Å². The van der Waals surface area contributed by atoms with Gasteiger partial charge in [0.2, 0.25) is 0 Å². The van der Waals surface area contributed by atoms with Gasteiger partial charge in [0.1, 0.15) is 0 Å². The van der Waals surface area contributed by atoms with Crippen LogP contribution in [0.25, 0.3) is 0 Å². The van der Waals surface area contributed by atoms with Crippen LogP contribution >= 0.6 is 0 Å². The summed E-state index contributed by atoms with van der Waals surface area (Å²) in [6.45, 7) is 7.41. The molecular formula is C11H23NaO. The zero-order valence-electron chi connectivity index (χ0n) is 8.73. The average molecular weight is 194 g/mol. The van der Waals surface area contributed by atoms with Crippen molar-refractivity contribution < 1.29 is 4.74 Å². The minimum atomic E-state index is 0.